The van der Waals surface area contributed by atoms with E-state index in [-0.39, 0.29) is 37.6 Å². The minimum absolute atomic E-state index is 0.0258. The number of ketones is 2. The molecule has 0 saturated heterocycles. The van der Waals surface area contributed by atoms with Crippen LogP contribution in [0.1, 0.15) is 31.2 Å². The van der Waals surface area contributed by atoms with Gasteiger partial charge in [-0.3, -0.25) is 9.59 Å². The first-order chi connectivity index (χ1) is 14.8. The summed E-state index contributed by atoms with van der Waals surface area (Å²) in [6.07, 6.45) is 1.63. The molecule has 2 heterocycles. The first-order valence-corrected chi connectivity index (χ1v) is 11.4. The molecule has 0 saturated carbocycles. The van der Waals surface area contributed by atoms with Crippen LogP contribution in [0.4, 0.5) is 0 Å². The summed E-state index contributed by atoms with van der Waals surface area (Å²) in [4.78, 5) is 26.9. The Morgan fingerprint density at radius 3 is 2.26 bits per heavy atom. The van der Waals surface area contributed by atoms with Crippen molar-refractivity contribution in [2.24, 2.45) is 7.05 Å². The number of fused-ring (bicyclic) bond motifs is 2. The van der Waals surface area contributed by atoms with Gasteiger partial charge >= 0.3 is 0 Å². The van der Waals surface area contributed by atoms with E-state index in [1.807, 2.05) is 31.3 Å². The predicted octanol–water partition coefficient (Wildman–Crippen LogP) is 7.64. The third-order valence-electron chi connectivity index (χ3n) is 5.61. The standard InChI is InChI=1S/C24H14Cl3NO2S/c1-11-18-19(21(26)22(27)20(11)25)24(30)14(23(18)29)8-13-9-16-17(31-13)10-15(28(16)2)12-6-4-3-5-7-12/h3-10H,1-2H3/b14-8+. The summed E-state index contributed by atoms with van der Waals surface area (Å²) in [5, 5.41) is 0.318. The van der Waals surface area contributed by atoms with Crippen molar-refractivity contribution in [3.8, 4) is 11.3 Å². The number of allylic oxidation sites excluding steroid dienone is 1. The first kappa shape index (κ1) is 20.5. The number of aromatic nitrogens is 1. The molecule has 7 heteroatoms. The lowest BCUT2D eigenvalue weighted by Gasteiger charge is -2.08. The van der Waals surface area contributed by atoms with Crippen LogP contribution in [0.5, 0.6) is 0 Å². The number of nitrogens with zero attached hydrogens (tertiary/aromatic N) is 1. The van der Waals surface area contributed by atoms with Gasteiger partial charge in [-0.1, -0.05) is 65.1 Å². The second-order valence-electron chi connectivity index (χ2n) is 7.39. The van der Waals surface area contributed by atoms with E-state index in [1.54, 1.807) is 13.0 Å². The summed E-state index contributed by atoms with van der Waals surface area (Å²) < 4.78 is 3.18. The SMILES string of the molecule is Cc1c(Cl)c(Cl)c(Cl)c2c1C(=O)/C(=C\c1cc3c(cc(-c4ccccc4)n3C)s1)C2=O. The zero-order valence-corrected chi connectivity index (χ0v) is 19.5. The number of rotatable bonds is 2. The Bertz CT molecular complexity index is 1410. The highest BCUT2D eigenvalue weighted by Gasteiger charge is 2.38. The van der Waals surface area contributed by atoms with E-state index >= 15 is 0 Å². The summed E-state index contributed by atoms with van der Waals surface area (Å²) in [6.45, 7) is 1.67. The molecule has 0 radical (unpaired) electrons. The smallest absolute Gasteiger partial charge is 0.199 e. The second kappa shape index (κ2) is 7.35. The maximum absolute atomic E-state index is 13.1. The third-order valence-corrected chi connectivity index (χ3v) is 8.05. The van der Waals surface area contributed by atoms with E-state index in [2.05, 4.69) is 22.8 Å². The Labute approximate surface area is 197 Å². The molecule has 0 bridgehead atoms. The molecule has 31 heavy (non-hydrogen) atoms. The molecule has 4 aromatic rings. The number of carbonyl (C=O) groups is 2. The van der Waals surface area contributed by atoms with Gasteiger partial charge in [-0.25, -0.2) is 0 Å². The van der Waals surface area contributed by atoms with Crippen LogP contribution in [0.2, 0.25) is 15.1 Å². The van der Waals surface area contributed by atoms with Crippen molar-refractivity contribution in [3.05, 3.63) is 84.7 Å². The fourth-order valence-electron chi connectivity index (χ4n) is 4.01. The number of halogens is 3. The van der Waals surface area contributed by atoms with Crippen LogP contribution in [0.3, 0.4) is 0 Å². The summed E-state index contributed by atoms with van der Waals surface area (Å²) in [5.41, 5.74) is 4.19. The first-order valence-electron chi connectivity index (χ1n) is 9.42. The van der Waals surface area contributed by atoms with Crippen LogP contribution < -0.4 is 0 Å². The highest BCUT2D eigenvalue weighted by Crippen LogP contribution is 2.44. The molecule has 0 spiro atoms. The molecule has 0 atom stereocenters. The van der Waals surface area contributed by atoms with Crippen molar-refractivity contribution in [3.63, 3.8) is 0 Å². The predicted molar refractivity (Wildman–Crippen MR) is 129 cm³/mol. The minimum Gasteiger partial charge on any atom is -0.343 e. The van der Waals surface area contributed by atoms with Gasteiger partial charge in [0.1, 0.15) is 0 Å². The van der Waals surface area contributed by atoms with Crippen molar-refractivity contribution in [1.29, 1.82) is 0 Å². The molecule has 0 amide bonds. The van der Waals surface area contributed by atoms with E-state index < -0.39 is 5.78 Å². The van der Waals surface area contributed by atoms with Gasteiger partial charge in [0, 0.05) is 23.2 Å². The van der Waals surface area contributed by atoms with Crippen LogP contribution in [0.15, 0.2) is 48.0 Å². The van der Waals surface area contributed by atoms with Gasteiger partial charge in [-0.15, -0.1) is 11.3 Å². The lowest BCUT2D eigenvalue weighted by Crippen LogP contribution is -2.00. The molecule has 0 N–H and O–H groups in total. The van der Waals surface area contributed by atoms with Crippen LogP contribution in [-0.4, -0.2) is 16.1 Å². The monoisotopic (exact) mass is 485 g/mol. The number of hydrogen-bond donors (Lipinski definition) is 0. The quantitative estimate of drug-likeness (QED) is 0.166. The topological polar surface area (TPSA) is 39.1 Å². The van der Waals surface area contributed by atoms with E-state index in [0.29, 0.717) is 5.56 Å². The van der Waals surface area contributed by atoms with E-state index in [0.717, 1.165) is 26.4 Å². The number of carbonyl (C=O) groups excluding carboxylic acids is 2. The summed E-state index contributed by atoms with van der Waals surface area (Å²) >= 11 is 20.2. The Kier molecular flexibility index (Phi) is 4.87. The molecule has 1 aliphatic rings. The van der Waals surface area contributed by atoms with Gasteiger partial charge in [0.25, 0.3) is 0 Å². The molecule has 2 aromatic carbocycles. The normalized spacial score (nSPS) is 14.8. The molecule has 1 aliphatic carbocycles. The largest absolute Gasteiger partial charge is 0.343 e. The van der Waals surface area contributed by atoms with Gasteiger partial charge < -0.3 is 4.57 Å². The average Bonchev–Trinajstić information content (AvgIpc) is 3.38. The van der Waals surface area contributed by atoms with Gasteiger partial charge in [0.2, 0.25) is 0 Å². The zero-order valence-electron chi connectivity index (χ0n) is 16.4. The van der Waals surface area contributed by atoms with Crippen molar-refractivity contribution >= 4 is 74.0 Å². The van der Waals surface area contributed by atoms with Crippen LogP contribution >= 0.6 is 46.1 Å². The fourth-order valence-corrected chi connectivity index (χ4v) is 5.83. The Hall–Kier alpha value is -2.37. The number of Topliss-reactive ketones (excluding diaryl/α,β-unsaturated/α-hetero) is 2. The van der Waals surface area contributed by atoms with Crippen molar-refractivity contribution < 1.29 is 9.59 Å². The molecule has 0 fully saturated rings. The van der Waals surface area contributed by atoms with Crippen LogP contribution in [0, 0.1) is 6.92 Å². The highest BCUT2D eigenvalue weighted by molar-refractivity contribution is 7.19. The van der Waals surface area contributed by atoms with Crippen molar-refractivity contribution in [2.45, 2.75) is 6.92 Å². The second-order valence-corrected chi connectivity index (χ2v) is 9.64. The molecule has 2 aromatic heterocycles. The average molecular weight is 487 g/mol. The molecular weight excluding hydrogens is 473 g/mol. The molecule has 3 nitrogen and oxygen atoms in total. The Morgan fingerprint density at radius 1 is 0.903 bits per heavy atom. The Balaban J connectivity index is 1.60. The number of hydrogen-bond acceptors (Lipinski definition) is 3. The molecule has 5 rings (SSSR count). The summed E-state index contributed by atoms with van der Waals surface area (Å²) in [7, 11) is 2.00. The minimum atomic E-state index is -0.422. The molecule has 0 unspecified atom stereocenters. The van der Waals surface area contributed by atoms with Gasteiger partial charge in [-0.05, 0) is 36.3 Å². The zero-order chi connectivity index (χ0) is 22.0. The van der Waals surface area contributed by atoms with Crippen molar-refractivity contribution in [2.75, 3.05) is 0 Å². The number of aryl methyl sites for hydroxylation is 1. The highest BCUT2D eigenvalue weighted by atomic mass is 35.5. The van der Waals surface area contributed by atoms with Crippen LogP contribution in [-0.2, 0) is 7.05 Å². The maximum Gasteiger partial charge on any atom is 0.199 e. The number of benzene rings is 2. The lowest BCUT2D eigenvalue weighted by atomic mass is 10.0. The number of thiophene rings is 1. The fraction of sp³-hybridized carbons (Fsp3) is 0.0833. The van der Waals surface area contributed by atoms with Crippen LogP contribution in [0.25, 0.3) is 27.6 Å². The molecular formula is C24H14Cl3NO2S. The lowest BCUT2D eigenvalue weighted by molar-refractivity contribution is 0.0990. The third kappa shape index (κ3) is 3.01. The van der Waals surface area contributed by atoms with Gasteiger partial charge in [0.15, 0.2) is 11.6 Å². The van der Waals surface area contributed by atoms with Crippen molar-refractivity contribution in [1.82, 2.24) is 4.57 Å². The van der Waals surface area contributed by atoms with E-state index in [4.69, 9.17) is 34.8 Å². The summed E-state index contributed by atoms with van der Waals surface area (Å²) in [6, 6.07) is 14.2. The maximum atomic E-state index is 13.1. The van der Waals surface area contributed by atoms with E-state index in [9.17, 15) is 9.59 Å². The molecule has 154 valence electrons. The molecule has 0 aliphatic heterocycles. The van der Waals surface area contributed by atoms with Gasteiger partial charge in [-0.2, -0.15) is 0 Å². The Morgan fingerprint density at radius 2 is 1.58 bits per heavy atom. The van der Waals surface area contributed by atoms with Gasteiger partial charge in [0.05, 0.1) is 36.4 Å². The summed E-state index contributed by atoms with van der Waals surface area (Å²) in [5.74, 6) is -0.797. The van der Waals surface area contributed by atoms with E-state index in [1.165, 1.54) is 11.3 Å².